The van der Waals surface area contributed by atoms with E-state index in [9.17, 15) is 9.18 Å². The molecule has 162 valence electrons. The maximum atomic E-state index is 14.1. The van der Waals surface area contributed by atoms with Crippen molar-refractivity contribution in [2.45, 2.75) is 6.54 Å². The van der Waals surface area contributed by atoms with Gasteiger partial charge in [0.25, 0.3) is 5.91 Å². The number of carbonyl (C=O) groups excluding carboxylic acids is 1. The molecule has 2 N–H and O–H groups in total. The Labute approximate surface area is 194 Å². The van der Waals surface area contributed by atoms with Crippen LogP contribution in [0.1, 0.15) is 16.1 Å². The lowest BCUT2D eigenvalue weighted by atomic mass is 10.1. The van der Waals surface area contributed by atoms with Crippen LogP contribution in [0.2, 0.25) is 5.02 Å². The van der Waals surface area contributed by atoms with Gasteiger partial charge < -0.3 is 14.8 Å². The lowest BCUT2D eigenvalue weighted by molar-refractivity contribution is 0.102. The number of aromatic amines is 1. The molecule has 3 heterocycles. The van der Waals surface area contributed by atoms with Crippen LogP contribution in [-0.4, -0.2) is 32.7 Å². The highest BCUT2D eigenvalue weighted by molar-refractivity contribution is 9.10. The maximum absolute atomic E-state index is 14.1. The molecule has 8 nitrogen and oxygen atoms in total. The molecule has 0 atom stereocenters. The number of hydrogen-bond donors (Lipinski definition) is 2. The SMILES string of the molecule is O=C(Nc1nn(Cc2c(F)cccc2Cl)cc1Br)c1cc(-c2ccc3c(c2)OCO3)n[nH]1. The number of benzene rings is 2. The summed E-state index contributed by atoms with van der Waals surface area (Å²) in [5, 5.41) is 14.2. The number of halogens is 3. The second-order valence-electron chi connectivity index (χ2n) is 6.91. The van der Waals surface area contributed by atoms with Gasteiger partial charge in [0.05, 0.1) is 16.7 Å². The highest BCUT2D eigenvalue weighted by Gasteiger charge is 2.18. The van der Waals surface area contributed by atoms with Crippen LogP contribution in [0.3, 0.4) is 0 Å². The van der Waals surface area contributed by atoms with Crippen LogP contribution >= 0.6 is 27.5 Å². The van der Waals surface area contributed by atoms with Crippen molar-refractivity contribution < 1.29 is 18.7 Å². The van der Waals surface area contributed by atoms with E-state index < -0.39 is 11.7 Å². The van der Waals surface area contributed by atoms with E-state index >= 15 is 0 Å². The zero-order valence-corrected chi connectivity index (χ0v) is 18.6. The summed E-state index contributed by atoms with van der Waals surface area (Å²) in [5.41, 5.74) is 1.91. The average Bonchev–Trinajstić information content (AvgIpc) is 3.50. The molecule has 0 spiro atoms. The Morgan fingerprint density at radius 1 is 1.25 bits per heavy atom. The lowest BCUT2D eigenvalue weighted by Crippen LogP contribution is -2.13. The Kier molecular flexibility index (Phi) is 5.32. The minimum atomic E-state index is -0.431. The molecule has 32 heavy (non-hydrogen) atoms. The van der Waals surface area contributed by atoms with Gasteiger partial charge in [-0.1, -0.05) is 17.7 Å². The molecule has 0 bridgehead atoms. The van der Waals surface area contributed by atoms with E-state index in [4.69, 9.17) is 21.1 Å². The van der Waals surface area contributed by atoms with E-state index in [2.05, 4.69) is 36.5 Å². The van der Waals surface area contributed by atoms with Crippen LogP contribution in [0.5, 0.6) is 11.5 Å². The molecular formula is C21H14BrClFN5O3. The lowest BCUT2D eigenvalue weighted by Gasteiger charge is -2.05. The summed E-state index contributed by atoms with van der Waals surface area (Å²) in [6, 6.07) is 11.5. The smallest absolute Gasteiger partial charge is 0.274 e. The van der Waals surface area contributed by atoms with Gasteiger partial charge in [-0.15, -0.1) is 0 Å². The van der Waals surface area contributed by atoms with Crippen molar-refractivity contribution in [3.63, 3.8) is 0 Å². The summed E-state index contributed by atoms with van der Waals surface area (Å²) in [5.74, 6) is 0.713. The van der Waals surface area contributed by atoms with Crippen molar-refractivity contribution in [2.24, 2.45) is 0 Å². The Morgan fingerprint density at radius 2 is 2.09 bits per heavy atom. The fourth-order valence-corrected chi connectivity index (χ4v) is 3.86. The number of nitrogens with one attached hydrogen (secondary N) is 2. The van der Waals surface area contributed by atoms with Crippen molar-refractivity contribution in [3.05, 3.63) is 75.2 Å². The van der Waals surface area contributed by atoms with E-state index in [0.29, 0.717) is 32.3 Å². The topological polar surface area (TPSA) is 94.1 Å². The molecule has 0 fully saturated rings. The second kappa shape index (κ2) is 8.29. The van der Waals surface area contributed by atoms with Crippen LogP contribution in [0.25, 0.3) is 11.3 Å². The summed E-state index contributed by atoms with van der Waals surface area (Å²) >= 11 is 9.45. The summed E-state index contributed by atoms with van der Waals surface area (Å²) in [6.07, 6.45) is 1.63. The number of amides is 1. The predicted octanol–water partition coefficient (Wildman–Crippen LogP) is 4.86. The molecule has 0 unspecified atom stereocenters. The number of rotatable bonds is 5. The Bertz CT molecular complexity index is 1320. The van der Waals surface area contributed by atoms with E-state index in [1.807, 2.05) is 6.07 Å². The van der Waals surface area contributed by atoms with E-state index in [-0.39, 0.29) is 24.8 Å². The van der Waals surface area contributed by atoms with Crippen molar-refractivity contribution in [1.29, 1.82) is 0 Å². The number of ether oxygens (including phenoxy) is 2. The van der Waals surface area contributed by atoms with Crippen molar-refractivity contribution in [2.75, 3.05) is 12.1 Å². The number of hydrogen-bond acceptors (Lipinski definition) is 5. The van der Waals surface area contributed by atoms with Crippen molar-refractivity contribution in [1.82, 2.24) is 20.0 Å². The third-order valence-corrected chi connectivity index (χ3v) is 5.76. The summed E-state index contributed by atoms with van der Waals surface area (Å²) in [7, 11) is 0. The summed E-state index contributed by atoms with van der Waals surface area (Å²) in [6.45, 7) is 0.288. The van der Waals surface area contributed by atoms with Crippen LogP contribution in [0, 0.1) is 5.82 Å². The van der Waals surface area contributed by atoms with Gasteiger partial charge in [0.1, 0.15) is 11.5 Å². The minimum Gasteiger partial charge on any atom is -0.454 e. The number of anilines is 1. The van der Waals surface area contributed by atoms with E-state index in [1.165, 1.54) is 16.8 Å². The number of fused-ring (bicyclic) bond motifs is 1. The van der Waals surface area contributed by atoms with Crippen molar-refractivity contribution in [3.8, 4) is 22.8 Å². The normalized spacial score (nSPS) is 12.2. The highest BCUT2D eigenvalue weighted by atomic mass is 79.9. The summed E-state index contributed by atoms with van der Waals surface area (Å²) in [4.78, 5) is 12.7. The Hall–Kier alpha value is -3.37. The molecule has 0 aliphatic carbocycles. The van der Waals surface area contributed by atoms with Crippen LogP contribution < -0.4 is 14.8 Å². The highest BCUT2D eigenvalue weighted by Crippen LogP contribution is 2.35. The van der Waals surface area contributed by atoms with Crippen molar-refractivity contribution >= 4 is 39.3 Å². The molecule has 0 radical (unpaired) electrons. The zero-order valence-electron chi connectivity index (χ0n) is 16.2. The first-order chi connectivity index (χ1) is 15.5. The second-order valence-corrected chi connectivity index (χ2v) is 8.17. The molecule has 2 aromatic heterocycles. The Morgan fingerprint density at radius 3 is 2.94 bits per heavy atom. The standard InChI is InChI=1S/C21H14BrClFN5O3/c22-13-9-29(8-12-14(23)2-1-3-15(12)24)28-20(13)25-21(30)17-7-16(26-27-17)11-4-5-18-19(6-11)32-10-31-18/h1-7,9H,8,10H2,(H,26,27)(H,25,28,30). The molecular weight excluding hydrogens is 505 g/mol. The molecule has 1 aliphatic heterocycles. The monoisotopic (exact) mass is 517 g/mol. The van der Waals surface area contributed by atoms with Gasteiger partial charge in [0.15, 0.2) is 17.3 Å². The molecule has 0 saturated carbocycles. The van der Waals surface area contributed by atoms with E-state index in [1.54, 1.807) is 30.5 Å². The van der Waals surface area contributed by atoms with Crippen LogP contribution in [0.15, 0.2) is 53.1 Å². The molecule has 1 amide bonds. The number of aromatic nitrogens is 4. The predicted molar refractivity (Wildman–Crippen MR) is 119 cm³/mol. The number of H-pyrrole nitrogens is 1. The first kappa shape index (κ1) is 20.5. The number of nitrogens with zero attached hydrogens (tertiary/aromatic N) is 3. The number of carbonyl (C=O) groups is 1. The van der Waals surface area contributed by atoms with Gasteiger partial charge in [-0.2, -0.15) is 10.2 Å². The van der Waals surface area contributed by atoms with Crippen LogP contribution in [-0.2, 0) is 6.54 Å². The van der Waals surface area contributed by atoms with Gasteiger partial charge in [0.2, 0.25) is 6.79 Å². The average molecular weight is 519 g/mol. The van der Waals surface area contributed by atoms with Gasteiger partial charge in [-0.25, -0.2) is 4.39 Å². The minimum absolute atomic E-state index is 0.109. The largest absolute Gasteiger partial charge is 0.454 e. The van der Waals surface area contributed by atoms with E-state index in [0.717, 1.165) is 5.56 Å². The zero-order chi connectivity index (χ0) is 22.2. The fourth-order valence-electron chi connectivity index (χ4n) is 3.22. The molecule has 5 rings (SSSR count). The fraction of sp³-hybridized carbons (Fsp3) is 0.0952. The Balaban J connectivity index is 1.32. The first-order valence-electron chi connectivity index (χ1n) is 9.40. The third-order valence-electron chi connectivity index (χ3n) is 4.82. The third kappa shape index (κ3) is 3.94. The molecule has 4 aromatic rings. The molecule has 11 heteroatoms. The molecule has 2 aromatic carbocycles. The molecule has 1 aliphatic rings. The van der Waals surface area contributed by atoms with Gasteiger partial charge in [-0.05, 0) is 52.3 Å². The van der Waals surface area contributed by atoms with Gasteiger partial charge >= 0.3 is 0 Å². The summed E-state index contributed by atoms with van der Waals surface area (Å²) < 4.78 is 26.8. The van der Waals surface area contributed by atoms with Gasteiger partial charge in [0, 0.05) is 22.3 Å². The first-order valence-corrected chi connectivity index (χ1v) is 10.6. The van der Waals surface area contributed by atoms with Gasteiger partial charge in [-0.3, -0.25) is 14.6 Å². The quantitative estimate of drug-likeness (QED) is 0.394. The van der Waals surface area contributed by atoms with Crippen LogP contribution in [0.4, 0.5) is 10.2 Å². The molecule has 0 saturated heterocycles. The maximum Gasteiger partial charge on any atom is 0.274 e.